The fraction of sp³-hybridized carbons (Fsp3) is 0.467. The van der Waals surface area contributed by atoms with E-state index in [2.05, 4.69) is 6.92 Å². The second-order valence-electron chi connectivity index (χ2n) is 4.40. The molecule has 4 heteroatoms. The van der Waals surface area contributed by atoms with Crippen LogP contribution >= 0.6 is 0 Å². The van der Waals surface area contributed by atoms with Gasteiger partial charge in [0, 0.05) is 5.97 Å². The molecule has 1 unspecified atom stereocenters. The molecule has 0 heterocycles. The number of aliphatic carboxylic acids is 1. The lowest BCUT2D eigenvalue weighted by Crippen LogP contribution is -2.23. The van der Waals surface area contributed by atoms with Crippen molar-refractivity contribution >= 4 is 11.9 Å². The number of carboxylic acids is 1. The molecule has 0 amide bonds. The van der Waals surface area contributed by atoms with E-state index in [0.717, 1.165) is 24.8 Å². The van der Waals surface area contributed by atoms with Crippen molar-refractivity contribution in [2.24, 2.45) is 0 Å². The summed E-state index contributed by atoms with van der Waals surface area (Å²) in [5.41, 5.74) is 0.942. The normalized spacial score (nSPS) is 11.8. The number of carbonyl (C=O) groups excluding carboxylic acids is 2. The van der Waals surface area contributed by atoms with Gasteiger partial charge < -0.3 is 14.6 Å². The van der Waals surface area contributed by atoms with Crippen molar-refractivity contribution in [3.05, 3.63) is 35.9 Å². The molecular formula is C15H19O4-. The number of hydrogen-bond donors (Lipinski definition) is 0. The minimum Gasteiger partial charge on any atom is -0.550 e. The Morgan fingerprint density at radius 2 is 1.89 bits per heavy atom. The standard InChI is InChI=1S/C15H20O4/c1-2-3-9-13(12-7-5-4-6-8-12)19-15(18)11-10-14(16)17/h4-8,13H,2-3,9-11H2,1H3,(H,16,17)/p-1. The van der Waals surface area contributed by atoms with Crippen LogP contribution < -0.4 is 5.11 Å². The van der Waals surface area contributed by atoms with Gasteiger partial charge in [-0.1, -0.05) is 43.7 Å². The third kappa shape index (κ3) is 6.04. The van der Waals surface area contributed by atoms with Gasteiger partial charge in [-0.25, -0.2) is 0 Å². The predicted octanol–water partition coefficient (Wildman–Crippen LogP) is 1.99. The molecule has 0 bridgehead atoms. The second kappa shape index (κ2) is 8.29. The van der Waals surface area contributed by atoms with Crippen molar-refractivity contribution in [3.8, 4) is 0 Å². The highest BCUT2D eigenvalue weighted by molar-refractivity contribution is 5.75. The van der Waals surface area contributed by atoms with Crippen LogP contribution in [-0.2, 0) is 14.3 Å². The van der Waals surface area contributed by atoms with Crippen LogP contribution in [0.15, 0.2) is 30.3 Å². The summed E-state index contributed by atoms with van der Waals surface area (Å²) in [5, 5.41) is 10.3. The van der Waals surface area contributed by atoms with Crippen molar-refractivity contribution in [2.75, 3.05) is 0 Å². The van der Waals surface area contributed by atoms with Crippen molar-refractivity contribution in [3.63, 3.8) is 0 Å². The molecule has 19 heavy (non-hydrogen) atoms. The van der Waals surface area contributed by atoms with E-state index in [-0.39, 0.29) is 18.9 Å². The first-order chi connectivity index (χ1) is 9.13. The topological polar surface area (TPSA) is 66.4 Å². The largest absolute Gasteiger partial charge is 0.550 e. The smallest absolute Gasteiger partial charge is 0.306 e. The van der Waals surface area contributed by atoms with E-state index in [4.69, 9.17) is 4.74 Å². The molecule has 0 saturated heterocycles. The summed E-state index contributed by atoms with van der Waals surface area (Å²) in [5.74, 6) is -1.73. The fourth-order valence-corrected chi connectivity index (χ4v) is 1.77. The van der Waals surface area contributed by atoms with Gasteiger partial charge in [0.25, 0.3) is 0 Å². The van der Waals surface area contributed by atoms with Crippen molar-refractivity contribution in [2.45, 2.75) is 45.1 Å². The zero-order valence-electron chi connectivity index (χ0n) is 11.1. The number of carbonyl (C=O) groups is 2. The fourth-order valence-electron chi connectivity index (χ4n) is 1.77. The third-order valence-corrected chi connectivity index (χ3v) is 2.80. The van der Waals surface area contributed by atoms with E-state index in [9.17, 15) is 14.7 Å². The van der Waals surface area contributed by atoms with Crippen LogP contribution in [0.2, 0.25) is 0 Å². The summed E-state index contributed by atoms with van der Waals surface area (Å²) >= 11 is 0. The van der Waals surface area contributed by atoms with E-state index < -0.39 is 11.9 Å². The lowest BCUT2D eigenvalue weighted by atomic mass is 10.0. The van der Waals surface area contributed by atoms with Gasteiger partial charge in [-0.2, -0.15) is 0 Å². The van der Waals surface area contributed by atoms with E-state index in [0.29, 0.717) is 0 Å². The quantitative estimate of drug-likeness (QED) is 0.673. The maximum absolute atomic E-state index is 11.6. The minimum absolute atomic E-state index is 0.141. The van der Waals surface area contributed by atoms with Crippen LogP contribution in [0.1, 0.15) is 50.7 Å². The summed E-state index contributed by atoms with van der Waals surface area (Å²) in [6, 6.07) is 9.50. The first kappa shape index (κ1) is 15.2. The van der Waals surface area contributed by atoms with Gasteiger partial charge in [-0.3, -0.25) is 4.79 Å². The summed E-state index contributed by atoms with van der Waals surface area (Å²) in [6.45, 7) is 2.07. The molecule has 104 valence electrons. The Kier molecular flexibility index (Phi) is 6.64. The van der Waals surface area contributed by atoms with Crippen molar-refractivity contribution in [1.29, 1.82) is 0 Å². The zero-order valence-corrected chi connectivity index (χ0v) is 11.1. The average molecular weight is 263 g/mol. The number of benzene rings is 1. The second-order valence-corrected chi connectivity index (χ2v) is 4.40. The molecule has 0 saturated carbocycles. The van der Waals surface area contributed by atoms with Crippen molar-refractivity contribution in [1.82, 2.24) is 0 Å². The van der Waals surface area contributed by atoms with Gasteiger partial charge in [0.1, 0.15) is 6.10 Å². The van der Waals surface area contributed by atoms with Gasteiger partial charge in [0.15, 0.2) is 0 Å². The van der Waals surface area contributed by atoms with Crippen LogP contribution in [0.3, 0.4) is 0 Å². The van der Waals surface area contributed by atoms with Crippen LogP contribution in [0.4, 0.5) is 0 Å². The van der Waals surface area contributed by atoms with E-state index in [1.54, 1.807) is 0 Å². The van der Waals surface area contributed by atoms with Gasteiger partial charge in [0.2, 0.25) is 0 Å². The molecule has 0 fully saturated rings. The van der Waals surface area contributed by atoms with Gasteiger partial charge in [0.05, 0.1) is 6.42 Å². The lowest BCUT2D eigenvalue weighted by molar-refractivity contribution is -0.305. The number of rotatable bonds is 8. The molecule has 1 atom stereocenters. The summed E-state index contributed by atoms with van der Waals surface area (Å²) in [6.07, 6.45) is 1.98. The van der Waals surface area contributed by atoms with E-state index >= 15 is 0 Å². The maximum atomic E-state index is 11.6. The molecule has 0 aliphatic rings. The first-order valence-corrected chi connectivity index (χ1v) is 6.57. The molecule has 1 rings (SSSR count). The van der Waals surface area contributed by atoms with Crippen LogP contribution in [0.25, 0.3) is 0 Å². The maximum Gasteiger partial charge on any atom is 0.306 e. The number of unbranched alkanes of at least 4 members (excludes halogenated alkanes) is 1. The summed E-state index contributed by atoms with van der Waals surface area (Å²) < 4.78 is 5.36. The molecule has 4 nitrogen and oxygen atoms in total. The molecule has 0 aliphatic carbocycles. The molecule has 0 radical (unpaired) electrons. The third-order valence-electron chi connectivity index (χ3n) is 2.80. The van der Waals surface area contributed by atoms with Crippen LogP contribution in [0, 0.1) is 0 Å². The summed E-state index contributed by atoms with van der Waals surface area (Å²) in [7, 11) is 0. The zero-order chi connectivity index (χ0) is 14.1. The van der Waals surface area contributed by atoms with Gasteiger partial charge in [-0.15, -0.1) is 0 Å². The monoisotopic (exact) mass is 263 g/mol. The Morgan fingerprint density at radius 3 is 2.47 bits per heavy atom. The molecule has 0 spiro atoms. The number of ether oxygens (including phenoxy) is 1. The van der Waals surface area contributed by atoms with E-state index in [1.807, 2.05) is 30.3 Å². The Labute approximate surface area is 113 Å². The molecule has 1 aromatic carbocycles. The Hall–Kier alpha value is -1.84. The van der Waals surface area contributed by atoms with Gasteiger partial charge in [-0.05, 0) is 24.8 Å². The molecule has 0 aliphatic heterocycles. The minimum atomic E-state index is -1.23. The van der Waals surface area contributed by atoms with E-state index in [1.165, 1.54) is 0 Å². The highest BCUT2D eigenvalue weighted by Gasteiger charge is 2.15. The highest BCUT2D eigenvalue weighted by Crippen LogP contribution is 2.24. The molecule has 0 aromatic heterocycles. The van der Waals surface area contributed by atoms with Crippen LogP contribution in [-0.4, -0.2) is 11.9 Å². The molecule has 1 aromatic rings. The average Bonchev–Trinajstić information content (AvgIpc) is 2.42. The first-order valence-electron chi connectivity index (χ1n) is 6.57. The number of hydrogen-bond acceptors (Lipinski definition) is 4. The summed E-state index contributed by atoms with van der Waals surface area (Å²) in [4.78, 5) is 21.9. The van der Waals surface area contributed by atoms with Crippen molar-refractivity contribution < 1.29 is 19.4 Å². The molecular weight excluding hydrogens is 244 g/mol. The SMILES string of the molecule is CCCCC(OC(=O)CCC(=O)[O-])c1ccccc1. The lowest BCUT2D eigenvalue weighted by Gasteiger charge is -2.18. The number of carboxylic acid groups (broad SMARTS) is 1. The Balaban J connectivity index is 2.59. The Morgan fingerprint density at radius 1 is 1.21 bits per heavy atom. The number of esters is 1. The highest BCUT2D eigenvalue weighted by atomic mass is 16.5. The van der Waals surface area contributed by atoms with Gasteiger partial charge >= 0.3 is 5.97 Å². The predicted molar refractivity (Wildman–Crippen MR) is 69.0 cm³/mol. The molecule has 0 N–H and O–H groups in total. The van der Waals surface area contributed by atoms with Crippen LogP contribution in [0.5, 0.6) is 0 Å². The Bertz CT molecular complexity index is 400.